The van der Waals surface area contributed by atoms with Gasteiger partial charge < -0.3 is 9.84 Å². The SMILES string of the molecule is CCCCOCC(O)CC1=CC=CC1. The summed E-state index contributed by atoms with van der Waals surface area (Å²) >= 11 is 0. The van der Waals surface area contributed by atoms with Crippen molar-refractivity contribution >= 4 is 0 Å². The van der Waals surface area contributed by atoms with Crippen LogP contribution in [0.5, 0.6) is 0 Å². The van der Waals surface area contributed by atoms with Gasteiger partial charge in [-0.2, -0.15) is 0 Å². The molecule has 0 heterocycles. The molecule has 0 spiro atoms. The normalized spacial score (nSPS) is 17.1. The Morgan fingerprint density at radius 3 is 3.07 bits per heavy atom. The molecule has 2 nitrogen and oxygen atoms in total. The Labute approximate surface area is 86.3 Å². The van der Waals surface area contributed by atoms with Gasteiger partial charge in [0, 0.05) is 6.61 Å². The van der Waals surface area contributed by atoms with Crippen molar-refractivity contribution in [2.24, 2.45) is 0 Å². The van der Waals surface area contributed by atoms with Gasteiger partial charge in [0.15, 0.2) is 0 Å². The molecule has 1 rings (SSSR count). The van der Waals surface area contributed by atoms with Crippen LogP contribution in [0.15, 0.2) is 23.8 Å². The summed E-state index contributed by atoms with van der Waals surface area (Å²) in [7, 11) is 0. The fourth-order valence-electron chi connectivity index (χ4n) is 1.47. The van der Waals surface area contributed by atoms with Gasteiger partial charge in [-0.25, -0.2) is 0 Å². The maximum atomic E-state index is 9.62. The van der Waals surface area contributed by atoms with Gasteiger partial charge in [-0.3, -0.25) is 0 Å². The van der Waals surface area contributed by atoms with Crippen molar-refractivity contribution in [1.82, 2.24) is 0 Å². The lowest BCUT2D eigenvalue weighted by Gasteiger charge is -2.11. The molecular weight excluding hydrogens is 176 g/mol. The second-order valence-corrected chi connectivity index (χ2v) is 3.74. The summed E-state index contributed by atoms with van der Waals surface area (Å²) in [6.07, 6.45) is 9.86. The average molecular weight is 196 g/mol. The van der Waals surface area contributed by atoms with E-state index in [1.54, 1.807) is 0 Å². The molecule has 1 atom stereocenters. The maximum Gasteiger partial charge on any atom is 0.0810 e. The Balaban J connectivity index is 2.01. The number of hydrogen-bond donors (Lipinski definition) is 1. The fraction of sp³-hybridized carbons (Fsp3) is 0.667. The van der Waals surface area contributed by atoms with Gasteiger partial charge in [-0.1, -0.05) is 37.1 Å². The van der Waals surface area contributed by atoms with E-state index in [1.165, 1.54) is 5.57 Å². The first-order chi connectivity index (χ1) is 6.83. The van der Waals surface area contributed by atoms with Gasteiger partial charge in [-0.15, -0.1) is 0 Å². The average Bonchev–Trinajstić information content (AvgIpc) is 2.65. The third-order valence-corrected chi connectivity index (χ3v) is 2.30. The highest BCUT2D eigenvalue weighted by molar-refractivity contribution is 5.23. The standard InChI is InChI=1S/C12H20O2/c1-2-3-8-14-10-12(13)9-11-6-4-5-7-11/h4-6,12-13H,2-3,7-10H2,1H3. The lowest BCUT2D eigenvalue weighted by molar-refractivity contribution is 0.0358. The summed E-state index contributed by atoms with van der Waals surface area (Å²) in [4.78, 5) is 0. The molecule has 1 unspecified atom stereocenters. The van der Waals surface area contributed by atoms with Crippen molar-refractivity contribution in [3.63, 3.8) is 0 Å². The van der Waals surface area contributed by atoms with Crippen molar-refractivity contribution in [3.8, 4) is 0 Å². The third-order valence-electron chi connectivity index (χ3n) is 2.30. The van der Waals surface area contributed by atoms with Gasteiger partial charge in [0.25, 0.3) is 0 Å². The zero-order valence-corrected chi connectivity index (χ0v) is 8.91. The highest BCUT2D eigenvalue weighted by Gasteiger charge is 2.08. The van der Waals surface area contributed by atoms with E-state index in [1.807, 2.05) is 6.08 Å². The zero-order chi connectivity index (χ0) is 10.2. The second-order valence-electron chi connectivity index (χ2n) is 3.74. The first-order valence-corrected chi connectivity index (χ1v) is 5.43. The van der Waals surface area contributed by atoms with E-state index in [0.717, 1.165) is 32.3 Å². The van der Waals surface area contributed by atoms with Gasteiger partial charge in [-0.05, 0) is 19.3 Å². The van der Waals surface area contributed by atoms with Gasteiger partial charge >= 0.3 is 0 Å². The van der Waals surface area contributed by atoms with E-state index in [9.17, 15) is 5.11 Å². The molecule has 0 bridgehead atoms. The quantitative estimate of drug-likeness (QED) is 0.634. The monoisotopic (exact) mass is 196 g/mol. The summed E-state index contributed by atoms with van der Waals surface area (Å²) < 4.78 is 5.35. The lowest BCUT2D eigenvalue weighted by Crippen LogP contribution is -2.16. The van der Waals surface area contributed by atoms with Crippen LogP contribution < -0.4 is 0 Å². The highest BCUT2D eigenvalue weighted by atomic mass is 16.5. The predicted molar refractivity (Wildman–Crippen MR) is 58.2 cm³/mol. The predicted octanol–water partition coefficient (Wildman–Crippen LogP) is 2.44. The van der Waals surface area contributed by atoms with Crippen LogP contribution in [0.4, 0.5) is 0 Å². The Morgan fingerprint density at radius 1 is 1.57 bits per heavy atom. The first-order valence-electron chi connectivity index (χ1n) is 5.43. The smallest absolute Gasteiger partial charge is 0.0810 e. The van der Waals surface area contributed by atoms with Gasteiger partial charge in [0.2, 0.25) is 0 Å². The van der Waals surface area contributed by atoms with E-state index < -0.39 is 0 Å². The van der Waals surface area contributed by atoms with Crippen molar-refractivity contribution in [1.29, 1.82) is 0 Å². The summed E-state index contributed by atoms with van der Waals surface area (Å²) in [6.45, 7) is 3.37. The van der Waals surface area contributed by atoms with Crippen LogP contribution in [-0.4, -0.2) is 24.4 Å². The number of hydrogen-bond acceptors (Lipinski definition) is 2. The minimum Gasteiger partial charge on any atom is -0.390 e. The molecule has 2 heteroatoms. The molecule has 80 valence electrons. The molecule has 1 aliphatic carbocycles. The first kappa shape index (κ1) is 11.5. The minimum atomic E-state index is -0.335. The van der Waals surface area contributed by atoms with Crippen LogP contribution in [0, 0.1) is 0 Å². The largest absolute Gasteiger partial charge is 0.390 e. The summed E-state index contributed by atoms with van der Waals surface area (Å²) in [5.74, 6) is 0. The molecule has 0 aromatic rings. The number of rotatable bonds is 7. The minimum absolute atomic E-state index is 0.335. The number of aliphatic hydroxyl groups excluding tert-OH is 1. The van der Waals surface area contributed by atoms with Crippen molar-refractivity contribution < 1.29 is 9.84 Å². The van der Waals surface area contributed by atoms with E-state index >= 15 is 0 Å². The van der Waals surface area contributed by atoms with Crippen molar-refractivity contribution in [3.05, 3.63) is 23.8 Å². The molecule has 0 fully saturated rings. The van der Waals surface area contributed by atoms with Crippen LogP contribution >= 0.6 is 0 Å². The maximum absolute atomic E-state index is 9.62. The lowest BCUT2D eigenvalue weighted by atomic mass is 10.1. The number of unbranched alkanes of at least 4 members (excludes halogenated alkanes) is 1. The molecule has 1 N–H and O–H groups in total. The van der Waals surface area contributed by atoms with Crippen molar-refractivity contribution in [2.45, 2.75) is 38.7 Å². The number of aliphatic hydroxyl groups is 1. The molecule has 0 aromatic carbocycles. The fourth-order valence-corrected chi connectivity index (χ4v) is 1.47. The Bertz CT molecular complexity index is 206. The van der Waals surface area contributed by atoms with Gasteiger partial charge in [0.05, 0.1) is 12.7 Å². The van der Waals surface area contributed by atoms with Crippen LogP contribution in [0.1, 0.15) is 32.6 Å². The summed E-state index contributed by atoms with van der Waals surface area (Å²) in [5, 5.41) is 9.62. The molecule has 0 amide bonds. The molecule has 0 saturated carbocycles. The molecule has 1 aliphatic rings. The van der Waals surface area contributed by atoms with Gasteiger partial charge in [0.1, 0.15) is 0 Å². The Hall–Kier alpha value is -0.600. The molecule has 0 saturated heterocycles. The third kappa shape index (κ3) is 4.58. The second kappa shape index (κ2) is 6.80. The number of ether oxygens (including phenoxy) is 1. The summed E-state index contributed by atoms with van der Waals surface area (Å²) in [6, 6.07) is 0. The Morgan fingerprint density at radius 2 is 2.43 bits per heavy atom. The highest BCUT2D eigenvalue weighted by Crippen LogP contribution is 2.16. The summed E-state index contributed by atoms with van der Waals surface area (Å²) in [5.41, 5.74) is 1.30. The molecule has 14 heavy (non-hydrogen) atoms. The van der Waals surface area contributed by atoms with Crippen LogP contribution in [0.2, 0.25) is 0 Å². The van der Waals surface area contributed by atoms with Crippen LogP contribution in [0.3, 0.4) is 0 Å². The van der Waals surface area contributed by atoms with E-state index in [-0.39, 0.29) is 6.10 Å². The molecule has 0 aliphatic heterocycles. The van der Waals surface area contributed by atoms with Crippen molar-refractivity contribution in [2.75, 3.05) is 13.2 Å². The van der Waals surface area contributed by atoms with Crippen LogP contribution in [-0.2, 0) is 4.74 Å². The number of allylic oxidation sites excluding steroid dienone is 3. The van der Waals surface area contributed by atoms with Crippen LogP contribution in [0.25, 0.3) is 0 Å². The zero-order valence-electron chi connectivity index (χ0n) is 8.91. The Kier molecular flexibility index (Phi) is 5.57. The molecule has 0 radical (unpaired) electrons. The van der Waals surface area contributed by atoms with E-state index in [0.29, 0.717) is 6.61 Å². The van der Waals surface area contributed by atoms with E-state index in [4.69, 9.17) is 4.74 Å². The van der Waals surface area contributed by atoms with E-state index in [2.05, 4.69) is 19.1 Å². The topological polar surface area (TPSA) is 29.5 Å². The molecular formula is C12H20O2. The molecule has 0 aromatic heterocycles.